The standard InChI is InChI=1S/C12H14N2O3S2.C2H4/c15-11-5-3-8-14(11)17-12(16)6-9-18-19-10-4-1-2-7-13-10;1-2/h1-2,4,7H,3,5-6,8-9H2;1-2H2. The van der Waals surface area contributed by atoms with Gasteiger partial charge in [-0.15, -0.1) is 13.2 Å². The fraction of sp³-hybridized carbons (Fsp3) is 0.357. The van der Waals surface area contributed by atoms with Crippen LogP contribution in [0.4, 0.5) is 0 Å². The summed E-state index contributed by atoms with van der Waals surface area (Å²) >= 11 is 0. The molecule has 1 aromatic heterocycles. The maximum absolute atomic E-state index is 11.5. The predicted octanol–water partition coefficient (Wildman–Crippen LogP) is 3.09. The van der Waals surface area contributed by atoms with E-state index in [1.54, 1.807) is 17.0 Å². The molecule has 0 unspecified atom stereocenters. The molecule has 0 atom stereocenters. The van der Waals surface area contributed by atoms with Crippen LogP contribution in [0.3, 0.4) is 0 Å². The molecule has 1 amide bonds. The van der Waals surface area contributed by atoms with E-state index in [4.69, 9.17) is 4.84 Å². The lowest BCUT2D eigenvalue weighted by Crippen LogP contribution is -2.28. The van der Waals surface area contributed by atoms with Crippen LogP contribution < -0.4 is 0 Å². The van der Waals surface area contributed by atoms with Crippen molar-refractivity contribution in [1.82, 2.24) is 10.0 Å². The zero-order valence-electron chi connectivity index (χ0n) is 11.7. The van der Waals surface area contributed by atoms with E-state index in [2.05, 4.69) is 18.1 Å². The van der Waals surface area contributed by atoms with Gasteiger partial charge in [-0.1, -0.05) is 16.9 Å². The normalized spacial score (nSPS) is 13.5. The lowest BCUT2D eigenvalue weighted by molar-refractivity contribution is -0.192. The van der Waals surface area contributed by atoms with Gasteiger partial charge >= 0.3 is 5.97 Å². The van der Waals surface area contributed by atoms with Crippen LogP contribution in [0.1, 0.15) is 19.3 Å². The summed E-state index contributed by atoms with van der Waals surface area (Å²) in [5.74, 6) is 0.162. The highest BCUT2D eigenvalue weighted by atomic mass is 33.1. The molecule has 0 spiro atoms. The minimum Gasteiger partial charge on any atom is -0.338 e. The summed E-state index contributed by atoms with van der Waals surface area (Å²) in [7, 11) is 3.07. The van der Waals surface area contributed by atoms with Crippen molar-refractivity contribution >= 4 is 33.5 Å². The molecular formula is C14H18N2O3S2. The third-order valence-electron chi connectivity index (χ3n) is 2.41. The smallest absolute Gasteiger partial charge is 0.333 e. The zero-order chi connectivity index (χ0) is 15.5. The molecule has 0 aromatic carbocycles. The minimum atomic E-state index is -0.357. The van der Waals surface area contributed by atoms with Gasteiger partial charge in [0.05, 0.1) is 13.0 Å². The largest absolute Gasteiger partial charge is 0.338 e. The molecule has 0 saturated carbocycles. The van der Waals surface area contributed by atoms with Crippen molar-refractivity contribution in [2.75, 3.05) is 12.3 Å². The number of hydrogen-bond acceptors (Lipinski definition) is 6. The van der Waals surface area contributed by atoms with E-state index < -0.39 is 0 Å². The molecule has 1 saturated heterocycles. The molecule has 1 aliphatic rings. The molecule has 2 heterocycles. The molecule has 5 nitrogen and oxygen atoms in total. The van der Waals surface area contributed by atoms with Crippen LogP contribution in [0.25, 0.3) is 0 Å². The van der Waals surface area contributed by atoms with Crippen molar-refractivity contribution in [3.8, 4) is 0 Å². The highest BCUT2D eigenvalue weighted by Crippen LogP contribution is 2.29. The van der Waals surface area contributed by atoms with Crippen molar-refractivity contribution in [3.05, 3.63) is 37.6 Å². The summed E-state index contributed by atoms with van der Waals surface area (Å²) in [4.78, 5) is 31.9. The minimum absolute atomic E-state index is 0.108. The summed E-state index contributed by atoms with van der Waals surface area (Å²) < 4.78 is 0. The molecule has 114 valence electrons. The van der Waals surface area contributed by atoms with Crippen LogP contribution in [0.15, 0.2) is 42.6 Å². The van der Waals surface area contributed by atoms with Crippen molar-refractivity contribution in [2.45, 2.75) is 24.3 Å². The second kappa shape index (κ2) is 10.3. The van der Waals surface area contributed by atoms with Gasteiger partial charge in [-0.3, -0.25) is 4.79 Å². The summed E-state index contributed by atoms with van der Waals surface area (Å²) in [6.07, 6.45) is 3.25. The maximum atomic E-state index is 11.5. The van der Waals surface area contributed by atoms with E-state index in [1.807, 2.05) is 18.2 Å². The molecule has 1 aromatic rings. The predicted molar refractivity (Wildman–Crippen MR) is 85.5 cm³/mol. The van der Waals surface area contributed by atoms with Gasteiger partial charge < -0.3 is 4.84 Å². The van der Waals surface area contributed by atoms with Crippen molar-refractivity contribution < 1.29 is 14.4 Å². The quantitative estimate of drug-likeness (QED) is 0.455. The van der Waals surface area contributed by atoms with E-state index in [0.29, 0.717) is 18.7 Å². The Kier molecular flexibility index (Phi) is 8.61. The van der Waals surface area contributed by atoms with Crippen LogP contribution in [-0.2, 0) is 14.4 Å². The number of pyridine rings is 1. The monoisotopic (exact) mass is 326 g/mol. The second-order valence-electron chi connectivity index (χ2n) is 3.89. The molecule has 2 rings (SSSR count). The molecule has 0 radical (unpaired) electrons. The lowest BCUT2D eigenvalue weighted by atomic mass is 10.4. The first-order valence-corrected chi connectivity index (χ1v) is 8.79. The third-order valence-corrected chi connectivity index (χ3v) is 4.68. The lowest BCUT2D eigenvalue weighted by Gasteiger charge is -2.13. The number of hydrogen-bond donors (Lipinski definition) is 0. The Hall–Kier alpha value is -1.47. The Morgan fingerprint density at radius 3 is 2.86 bits per heavy atom. The number of amides is 1. The van der Waals surface area contributed by atoms with Crippen LogP contribution in [0.5, 0.6) is 0 Å². The molecule has 21 heavy (non-hydrogen) atoms. The summed E-state index contributed by atoms with van der Waals surface area (Å²) in [5, 5.41) is 2.08. The maximum Gasteiger partial charge on any atom is 0.333 e. The summed E-state index contributed by atoms with van der Waals surface area (Å²) in [6.45, 7) is 6.51. The number of aromatic nitrogens is 1. The molecular weight excluding hydrogens is 308 g/mol. The van der Waals surface area contributed by atoms with Crippen LogP contribution in [0.2, 0.25) is 0 Å². The van der Waals surface area contributed by atoms with Gasteiger partial charge in [0.1, 0.15) is 5.03 Å². The van der Waals surface area contributed by atoms with Crippen molar-refractivity contribution in [3.63, 3.8) is 0 Å². The van der Waals surface area contributed by atoms with Crippen molar-refractivity contribution in [2.24, 2.45) is 0 Å². The summed E-state index contributed by atoms with van der Waals surface area (Å²) in [5.41, 5.74) is 0. The van der Waals surface area contributed by atoms with E-state index in [-0.39, 0.29) is 18.3 Å². The van der Waals surface area contributed by atoms with Gasteiger partial charge in [-0.05, 0) is 29.3 Å². The van der Waals surface area contributed by atoms with Gasteiger partial charge in [0.15, 0.2) is 0 Å². The first-order chi connectivity index (χ1) is 10.3. The van der Waals surface area contributed by atoms with E-state index in [1.165, 1.54) is 15.9 Å². The van der Waals surface area contributed by atoms with Gasteiger partial charge in [-0.25, -0.2) is 9.78 Å². The number of nitrogens with zero attached hydrogens (tertiary/aromatic N) is 2. The first-order valence-electron chi connectivity index (χ1n) is 6.47. The molecule has 1 aliphatic heterocycles. The highest BCUT2D eigenvalue weighted by Gasteiger charge is 2.23. The van der Waals surface area contributed by atoms with Crippen LogP contribution >= 0.6 is 21.6 Å². The van der Waals surface area contributed by atoms with Crippen LogP contribution in [0, 0.1) is 0 Å². The van der Waals surface area contributed by atoms with E-state index in [0.717, 1.165) is 11.4 Å². The van der Waals surface area contributed by atoms with Crippen LogP contribution in [-0.4, -0.2) is 34.2 Å². The van der Waals surface area contributed by atoms with Gasteiger partial charge in [0.25, 0.3) is 5.91 Å². The topological polar surface area (TPSA) is 59.5 Å². The Bertz CT molecular complexity index is 457. The number of carbonyl (C=O) groups excluding carboxylic acids is 2. The average Bonchev–Trinajstić information content (AvgIpc) is 2.92. The number of hydroxylamine groups is 2. The third kappa shape index (κ3) is 6.68. The Balaban J connectivity index is 0.00000106. The Morgan fingerprint density at radius 1 is 1.43 bits per heavy atom. The zero-order valence-corrected chi connectivity index (χ0v) is 13.3. The molecule has 0 aliphatic carbocycles. The Morgan fingerprint density at radius 2 is 2.24 bits per heavy atom. The molecule has 1 fully saturated rings. The van der Waals surface area contributed by atoms with Gasteiger partial charge in [-0.2, -0.15) is 5.06 Å². The average molecular weight is 326 g/mol. The van der Waals surface area contributed by atoms with Gasteiger partial charge in [0.2, 0.25) is 0 Å². The fourth-order valence-corrected chi connectivity index (χ4v) is 3.36. The van der Waals surface area contributed by atoms with E-state index >= 15 is 0 Å². The highest BCUT2D eigenvalue weighted by molar-refractivity contribution is 8.76. The van der Waals surface area contributed by atoms with Gasteiger partial charge in [0, 0.05) is 18.4 Å². The summed E-state index contributed by atoms with van der Waals surface area (Å²) in [6, 6.07) is 5.70. The second-order valence-corrected chi connectivity index (χ2v) is 6.32. The molecule has 0 bridgehead atoms. The number of carbonyl (C=O) groups is 2. The van der Waals surface area contributed by atoms with Crippen molar-refractivity contribution in [1.29, 1.82) is 0 Å². The molecule has 7 heteroatoms. The molecule has 0 N–H and O–H groups in total. The number of rotatable bonds is 6. The SMILES string of the molecule is C=C.O=C(CCSSc1ccccn1)ON1CCCC1=O. The Labute approximate surface area is 132 Å². The van der Waals surface area contributed by atoms with E-state index in [9.17, 15) is 9.59 Å². The first kappa shape index (κ1) is 17.6. The fourth-order valence-electron chi connectivity index (χ4n) is 1.51.